The number of nitrogens with zero attached hydrogens (tertiary/aromatic N) is 1. The molecular formula is C23H23N3O3. The van der Waals surface area contributed by atoms with Gasteiger partial charge in [0.2, 0.25) is 0 Å². The van der Waals surface area contributed by atoms with Crippen LogP contribution in [0.2, 0.25) is 0 Å². The molecule has 3 aromatic rings. The van der Waals surface area contributed by atoms with Crippen LogP contribution in [0, 0.1) is 6.92 Å². The maximum Gasteiger partial charge on any atom is 0.337 e. The first-order valence-corrected chi connectivity index (χ1v) is 9.33. The first kappa shape index (κ1) is 20.1. The van der Waals surface area contributed by atoms with Crippen LogP contribution < -0.4 is 10.6 Å². The van der Waals surface area contributed by atoms with Crippen molar-refractivity contribution in [3.05, 3.63) is 83.0 Å². The predicted molar refractivity (Wildman–Crippen MR) is 114 cm³/mol. The number of para-hydroxylation sites is 1. The molecule has 0 saturated carbocycles. The summed E-state index contributed by atoms with van der Waals surface area (Å²) >= 11 is 0. The highest BCUT2D eigenvalue weighted by Gasteiger charge is 2.12. The van der Waals surface area contributed by atoms with Crippen LogP contribution in [-0.4, -0.2) is 24.0 Å². The molecule has 0 aliphatic carbocycles. The van der Waals surface area contributed by atoms with Crippen LogP contribution in [0.25, 0.3) is 0 Å². The van der Waals surface area contributed by atoms with E-state index in [4.69, 9.17) is 4.74 Å². The van der Waals surface area contributed by atoms with Crippen molar-refractivity contribution < 1.29 is 14.3 Å². The Hall–Kier alpha value is -3.67. The van der Waals surface area contributed by atoms with E-state index in [1.807, 2.05) is 25.1 Å². The van der Waals surface area contributed by atoms with E-state index in [2.05, 4.69) is 22.5 Å². The summed E-state index contributed by atoms with van der Waals surface area (Å²) in [5.74, 6) is -0.0551. The highest BCUT2D eigenvalue weighted by atomic mass is 16.5. The summed E-state index contributed by atoms with van der Waals surface area (Å²) in [6.45, 7) is 4.04. The molecule has 0 fully saturated rings. The van der Waals surface area contributed by atoms with E-state index in [9.17, 15) is 9.59 Å². The first-order valence-electron chi connectivity index (χ1n) is 9.33. The van der Waals surface area contributed by atoms with Crippen LogP contribution in [0.4, 0.5) is 17.2 Å². The van der Waals surface area contributed by atoms with E-state index in [1.165, 1.54) is 7.11 Å². The molecule has 0 aliphatic rings. The number of pyridine rings is 1. The van der Waals surface area contributed by atoms with Gasteiger partial charge in [0, 0.05) is 23.1 Å². The fourth-order valence-corrected chi connectivity index (χ4v) is 2.98. The molecule has 3 rings (SSSR count). The Balaban J connectivity index is 1.76. The zero-order valence-corrected chi connectivity index (χ0v) is 16.7. The van der Waals surface area contributed by atoms with Gasteiger partial charge in [-0.1, -0.05) is 25.1 Å². The Morgan fingerprint density at radius 1 is 1.03 bits per heavy atom. The maximum absolute atomic E-state index is 12.8. The summed E-state index contributed by atoms with van der Waals surface area (Å²) in [6, 6.07) is 16.2. The van der Waals surface area contributed by atoms with Crippen LogP contribution in [0.15, 0.2) is 60.8 Å². The molecule has 0 unspecified atom stereocenters. The number of esters is 1. The number of carbonyl (C=O) groups is 2. The summed E-state index contributed by atoms with van der Waals surface area (Å²) in [5.41, 5.74) is 4.68. The molecule has 1 aromatic heterocycles. The van der Waals surface area contributed by atoms with Gasteiger partial charge in [0.25, 0.3) is 5.91 Å². The summed E-state index contributed by atoms with van der Waals surface area (Å²) in [6.07, 6.45) is 2.42. The number of hydrogen-bond donors (Lipinski definition) is 2. The average Bonchev–Trinajstić information content (AvgIpc) is 2.75. The number of benzene rings is 2. The zero-order valence-electron chi connectivity index (χ0n) is 16.7. The minimum atomic E-state index is -0.393. The molecule has 0 spiro atoms. The fourth-order valence-electron chi connectivity index (χ4n) is 2.98. The third kappa shape index (κ3) is 4.79. The number of carbonyl (C=O) groups excluding carboxylic acids is 2. The van der Waals surface area contributed by atoms with Gasteiger partial charge in [0.05, 0.1) is 12.7 Å². The molecule has 0 saturated heterocycles. The molecule has 1 amide bonds. The lowest BCUT2D eigenvalue weighted by molar-refractivity contribution is 0.0600. The number of amides is 1. The molecule has 2 N–H and O–H groups in total. The maximum atomic E-state index is 12.8. The topological polar surface area (TPSA) is 80.3 Å². The second-order valence-corrected chi connectivity index (χ2v) is 6.54. The van der Waals surface area contributed by atoms with Gasteiger partial charge in [0.15, 0.2) is 0 Å². The van der Waals surface area contributed by atoms with Crippen molar-refractivity contribution >= 4 is 29.1 Å². The van der Waals surface area contributed by atoms with Crippen LogP contribution >= 0.6 is 0 Å². The molecular weight excluding hydrogens is 366 g/mol. The number of aryl methyl sites for hydroxylation is 2. The Bertz CT molecular complexity index is 1030. The van der Waals surface area contributed by atoms with E-state index in [-0.39, 0.29) is 5.91 Å². The van der Waals surface area contributed by atoms with E-state index >= 15 is 0 Å². The third-order valence-electron chi connectivity index (χ3n) is 4.58. The molecule has 6 heteroatoms. The summed E-state index contributed by atoms with van der Waals surface area (Å²) in [4.78, 5) is 28.6. The molecule has 148 valence electrons. The first-order chi connectivity index (χ1) is 14.0. The van der Waals surface area contributed by atoms with Crippen LogP contribution in [0.3, 0.4) is 0 Å². The van der Waals surface area contributed by atoms with E-state index in [1.54, 1.807) is 42.6 Å². The van der Waals surface area contributed by atoms with Crippen molar-refractivity contribution in [3.8, 4) is 0 Å². The summed E-state index contributed by atoms with van der Waals surface area (Å²) in [7, 11) is 1.34. The standard InChI is InChI=1S/C23H23N3O3/c1-4-16-7-5-6-15(2)21(16)26-22(27)18-12-13-24-20(14-18)25-19-10-8-17(9-11-19)23(28)29-3/h5-14H,4H2,1-3H3,(H,24,25)(H,26,27). The lowest BCUT2D eigenvalue weighted by atomic mass is 10.1. The number of aromatic nitrogens is 1. The van der Waals surface area contributed by atoms with Gasteiger partial charge in [-0.05, 0) is 60.9 Å². The smallest absolute Gasteiger partial charge is 0.337 e. The normalized spacial score (nSPS) is 10.3. The zero-order chi connectivity index (χ0) is 20.8. The van der Waals surface area contributed by atoms with Gasteiger partial charge >= 0.3 is 5.97 Å². The van der Waals surface area contributed by atoms with Crippen molar-refractivity contribution in [3.63, 3.8) is 0 Å². The number of hydrogen-bond acceptors (Lipinski definition) is 5. The highest BCUT2D eigenvalue weighted by molar-refractivity contribution is 6.05. The van der Waals surface area contributed by atoms with Crippen LogP contribution in [0.1, 0.15) is 38.8 Å². The number of rotatable bonds is 6. The monoisotopic (exact) mass is 389 g/mol. The molecule has 0 atom stereocenters. The van der Waals surface area contributed by atoms with Crippen molar-refractivity contribution in [1.82, 2.24) is 4.98 Å². The Kier molecular flexibility index (Phi) is 6.24. The van der Waals surface area contributed by atoms with Crippen LogP contribution in [-0.2, 0) is 11.2 Å². The Labute approximate surface area is 169 Å². The average molecular weight is 389 g/mol. The van der Waals surface area contributed by atoms with Crippen molar-refractivity contribution in [2.24, 2.45) is 0 Å². The van der Waals surface area contributed by atoms with Crippen molar-refractivity contribution in [2.75, 3.05) is 17.7 Å². The molecule has 1 heterocycles. The predicted octanol–water partition coefficient (Wildman–Crippen LogP) is 4.73. The Morgan fingerprint density at radius 2 is 1.79 bits per heavy atom. The summed E-state index contributed by atoms with van der Waals surface area (Å²) in [5, 5.41) is 6.16. The van der Waals surface area contributed by atoms with E-state index in [0.717, 1.165) is 28.9 Å². The SMILES string of the molecule is CCc1cccc(C)c1NC(=O)c1ccnc(Nc2ccc(C(=O)OC)cc2)c1. The van der Waals surface area contributed by atoms with Crippen molar-refractivity contribution in [2.45, 2.75) is 20.3 Å². The Morgan fingerprint density at radius 3 is 2.48 bits per heavy atom. The molecule has 0 aliphatic heterocycles. The van der Waals surface area contributed by atoms with E-state index < -0.39 is 5.97 Å². The largest absolute Gasteiger partial charge is 0.465 e. The van der Waals surface area contributed by atoms with Gasteiger partial charge in [-0.15, -0.1) is 0 Å². The van der Waals surface area contributed by atoms with Gasteiger partial charge in [0.1, 0.15) is 5.82 Å². The molecule has 0 radical (unpaired) electrons. The number of nitrogens with one attached hydrogen (secondary N) is 2. The van der Waals surface area contributed by atoms with Crippen LogP contribution in [0.5, 0.6) is 0 Å². The number of methoxy groups -OCH3 is 1. The van der Waals surface area contributed by atoms with E-state index in [0.29, 0.717) is 16.9 Å². The molecule has 0 bridgehead atoms. The minimum Gasteiger partial charge on any atom is -0.465 e. The number of anilines is 3. The lowest BCUT2D eigenvalue weighted by Gasteiger charge is -2.13. The van der Waals surface area contributed by atoms with Gasteiger partial charge in [-0.25, -0.2) is 9.78 Å². The molecule has 6 nitrogen and oxygen atoms in total. The molecule has 29 heavy (non-hydrogen) atoms. The second kappa shape index (κ2) is 9.01. The van der Waals surface area contributed by atoms with Gasteiger partial charge in [-0.3, -0.25) is 4.79 Å². The second-order valence-electron chi connectivity index (χ2n) is 6.54. The van der Waals surface area contributed by atoms with Gasteiger partial charge < -0.3 is 15.4 Å². The quantitative estimate of drug-likeness (QED) is 0.596. The minimum absolute atomic E-state index is 0.194. The third-order valence-corrected chi connectivity index (χ3v) is 4.58. The highest BCUT2D eigenvalue weighted by Crippen LogP contribution is 2.23. The lowest BCUT2D eigenvalue weighted by Crippen LogP contribution is -2.14. The number of ether oxygens (including phenoxy) is 1. The van der Waals surface area contributed by atoms with Gasteiger partial charge in [-0.2, -0.15) is 0 Å². The van der Waals surface area contributed by atoms with Crippen molar-refractivity contribution in [1.29, 1.82) is 0 Å². The molecule has 2 aromatic carbocycles. The fraction of sp³-hybridized carbons (Fsp3) is 0.174. The summed E-state index contributed by atoms with van der Waals surface area (Å²) < 4.78 is 4.69.